The van der Waals surface area contributed by atoms with Gasteiger partial charge >= 0.3 is 0 Å². The van der Waals surface area contributed by atoms with E-state index < -0.39 is 5.91 Å². The smallest absolute Gasteiger partial charge is 0.276 e. The molecular formula is C15H11BrCl3N5O. The Kier molecular flexibility index (Phi) is 5.38. The van der Waals surface area contributed by atoms with E-state index in [1.807, 2.05) is 6.07 Å². The van der Waals surface area contributed by atoms with Crippen molar-refractivity contribution < 1.29 is 4.79 Å². The van der Waals surface area contributed by atoms with Crippen LogP contribution >= 0.6 is 50.7 Å². The van der Waals surface area contributed by atoms with Crippen LogP contribution in [0.3, 0.4) is 0 Å². The van der Waals surface area contributed by atoms with Gasteiger partial charge in [-0.2, -0.15) is 10.2 Å². The number of halogens is 4. The van der Waals surface area contributed by atoms with E-state index in [2.05, 4.69) is 31.4 Å². The monoisotopic (exact) mass is 461 g/mol. The van der Waals surface area contributed by atoms with E-state index in [0.29, 0.717) is 26.9 Å². The van der Waals surface area contributed by atoms with Gasteiger partial charge in [0, 0.05) is 13.2 Å². The highest BCUT2D eigenvalue weighted by Crippen LogP contribution is 2.25. The molecule has 1 amide bonds. The number of aromatic nitrogens is 4. The Balaban J connectivity index is 1.78. The summed E-state index contributed by atoms with van der Waals surface area (Å²) in [4.78, 5) is 12.4. The summed E-state index contributed by atoms with van der Waals surface area (Å²) in [6.45, 7) is 0.470. The Morgan fingerprint density at radius 2 is 2.00 bits per heavy atom. The first-order valence-electron chi connectivity index (χ1n) is 7.01. The minimum absolute atomic E-state index is 0.257. The number of benzene rings is 1. The fraction of sp³-hybridized carbons (Fsp3) is 0.133. The molecule has 0 aliphatic carbocycles. The Labute approximate surface area is 166 Å². The van der Waals surface area contributed by atoms with Crippen molar-refractivity contribution in [2.75, 3.05) is 5.32 Å². The number of hydrogen-bond donors (Lipinski definition) is 1. The fourth-order valence-corrected chi connectivity index (χ4v) is 3.21. The lowest BCUT2D eigenvalue weighted by Crippen LogP contribution is -2.17. The van der Waals surface area contributed by atoms with Crippen LogP contribution in [0.4, 0.5) is 5.82 Å². The highest BCUT2D eigenvalue weighted by atomic mass is 79.9. The van der Waals surface area contributed by atoms with Gasteiger partial charge < -0.3 is 5.32 Å². The van der Waals surface area contributed by atoms with Gasteiger partial charge in [0.2, 0.25) is 0 Å². The predicted octanol–water partition coefficient (Wildman–Crippen LogP) is 4.64. The topological polar surface area (TPSA) is 64.7 Å². The van der Waals surface area contributed by atoms with Crippen LogP contribution in [0.1, 0.15) is 16.1 Å². The summed E-state index contributed by atoms with van der Waals surface area (Å²) in [6.07, 6.45) is 3.16. The molecule has 0 saturated carbocycles. The summed E-state index contributed by atoms with van der Waals surface area (Å²) in [5.74, 6) is -0.0205. The normalized spacial score (nSPS) is 10.9. The molecule has 0 spiro atoms. The summed E-state index contributed by atoms with van der Waals surface area (Å²) in [5, 5.41) is 12.2. The maximum Gasteiger partial charge on any atom is 0.276 e. The Hall–Kier alpha value is -1.54. The van der Waals surface area contributed by atoms with Crippen molar-refractivity contribution >= 4 is 62.5 Å². The molecule has 0 bridgehead atoms. The third-order valence-corrected chi connectivity index (χ3v) is 4.98. The molecule has 3 rings (SSSR count). The minimum atomic E-state index is -0.398. The van der Waals surface area contributed by atoms with Crippen LogP contribution in [0.15, 0.2) is 35.1 Å². The molecule has 2 heterocycles. The zero-order chi connectivity index (χ0) is 18.1. The van der Waals surface area contributed by atoms with Crippen molar-refractivity contribution in [2.45, 2.75) is 6.54 Å². The zero-order valence-corrected chi connectivity index (χ0v) is 16.7. The molecule has 25 heavy (non-hydrogen) atoms. The quantitative estimate of drug-likeness (QED) is 0.613. The molecule has 6 nitrogen and oxygen atoms in total. The number of aryl methyl sites for hydroxylation is 1. The number of rotatable bonds is 4. The van der Waals surface area contributed by atoms with Gasteiger partial charge in [-0.25, -0.2) is 0 Å². The summed E-state index contributed by atoms with van der Waals surface area (Å²) in [7, 11) is 1.64. The fourth-order valence-electron chi connectivity index (χ4n) is 2.22. The van der Waals surface area contributed by atoms with Gasteiger partial charge in [0.05, 0.1) is 32.3 Å². The predicted molar refractivity (Wildman–Crippen MR) is 102 cm³/mol. The molecule has 0 aliphatic heterocycles. The molecule has 1 N–H and O–H groups in total. The molecule has 3 aromatic rings. The number of nitrogens with one attached hydrogen (secondary N) is 1. The van der Waals surface area contributed by atoms with E-state index in [0.717, 1.165) is 5.56 Å². The van der Waals surface area contributed by atoms with Crippen molar-refractivity contribution in [1.82, 2.24) is 19.6 Å². The molecule has 0 saturated heterocycles. The first-order valence-corrected chi connectivity index (χ1v) is 8.93. The van der Waals surface area contributed by atoms with Gasteiger partial charge in [0.15, 0.2) is 5.82 Å². The molecule has 0 radical (unpaired) electrons. The van der Waals surface area contributed by atoms with Gasteiger partial charge in [0.25, 0.3) is 5.91 Å². The summed E-state index contributed by atoms with van der Waals surface area (Å²) < 4.78 is 3.71. The Morgan fingerprint density at radius 3 is 2.64 bits per heavy atom. The second kappa shape index (κ2) is 7.37. The molecule has 10 heteroatoms. The molecule has 2 aromatic heterocycles. The van der Waals surface area contributed by atoms with Crippen molar-refractivity contribution in [3.63, 3.8) is 0 Å². The lowest BCUT2D eigenvalue weighted by Gasteiger charge is -2.05. The van der Waals surface area contributed by atoms with Crippen molar-refractivity contribution in [3.05, 3.63) is 61.4 Å². The molecule has 0 fully saturated rings. The second-order valence-electron chi connectivity index (χ2n) is 5.19. The van der Waals surface area contributed by atoms with Crippen LogP contribution in [-0.2, 0) is 13.6 Å². The van der Waals surface area contributed by atoms with Crippen LogP contribution < -0.4 is 5.32 Å². The number of carbonyl (C=O) groups is 1. The van der Waals surface area contributed by atoms with Gasteiger partial charge in [0.1, 0.15) is 5.69 Å². The van der Waals surface area contributed by atoms with Crippen molar-refractivity contribution in [3.8, 4) is 0 Å². The second-order valence-corrected chi connectivity index (χ2v) is 7.27. The number of nitrogens with zero attached hydrogens (tertiary/aromatic N) is 4. The molecular weight excluding hydrogens is 452 g/mol. The lowest BCUT2D eigenvalue weighted by atomic mass is 10.2. The molecule has 0 unspecified atom stereocenters. The summed E-state index contributed by atoms with van der Waals surface area (Å²) >= 11 is 21.3. The summed E-state index contributed by atoms with van der Waals surface area (Å²) in [5.41, 5.74) is 1.18. The third-order valence-electron chi connectivity index (χ3n) is 3.39. The summed E-state index contributed by atoms with van der Waals surface area (Å²) in [6, 6.07) is 5.36. The average molecular weight is 464 g/mol. The van der Waals surface area contributed by atoms with Gasteiger partial charge in [-0.15, -0.1) is 0 Å². The van der Waals surface area contributed by atoms with Crippen LogP contribution in [0.25, 0.3) is 0 Å². The maximum atomic E-state index is 12.4. The number of amides is 1. The van der Waals surface area contributed by atoms with Crippen LogP contribution in [0.5, 0.6) is 0 Å². The average Bonchev–Trinajstić information content (AvgIpc) is 3.05. The van der Waals surface area contributed by atoms with E-state index in [-0.39, 0.29) is 10.7 Å². The molecule has 0 atom stereocenters. The number of anilines is 1. The van der Waals surface area contributed by atoms with E-state index in [4.69, 9.17) is 34.8 Å². The standard InChI is InChI=1S/C15H11BrCl3N5O/c1-23-13(12(19)5-20-23)15(25)21-14-9(16)7-24(22-14)6-8-2-3-10(17)11(18)4-8/h2-5,7H,6H2,1H3,(H,21,22,25). The highest BCUT2D eigenvalue weighted by Gasteiger charge is 2.18. The SMILES string of the molecule is Cn1ncc(Cl)c1C(=O)Nc1nn(Cc2ccc(Cl)c(Cl)c2)cc1Br. The van der Waals surface area contributed by atoms with E-state index in [1.165, 1.54) is 10.9 Å². The third kappa shape index (κ3) is 4.00. The number of hydrogen-bond acceptors (Lipinski definition) is 3. The van der Waals surface area contributed by atoms with Crippen LogP contribution in [0, 0.1) is 0 Å². The highest BCUT2D eigenvalue weighted by molar-refractivity contribution is 9.10. The van der Waals surface area contributed by atoms with Gasteiger partial charge in [-0.1, -0.05) is 40.9 Å². The van der Waals surface area contributed by atoms with E-state index >= 15 is 0 Å². The largest absolute Gasteiger partial charge is 0.303 e. The lowest BCUT2D eigenvalue weighted by molar-refractivity contribution is 0.101. The van der Waals surface area contributed by atoms with E-state index in [9.17, 15) is 4.79 Å². The molecule has 0 aliphatic rings. The molecule has 1 aromatic carbocycles. The maximum absolute atomic E-state index is 12.4. The van der Waals surface area contributed by atoms with Crippen molar-refractivity contribution in [2.24, 2.45) is 7.05 Å². The van der Waals surface area contributed by atoms with Gasteiger partial charge in [-0.05, 0) is 33.6 Å². The molecule has 130 valence electrons. The Bertz CT molecular complexity index is 933. The minimum Gasteiger partial charge on any atom is -0.303 e. The van der Waals surface area contributed by atoms with Crippen LogP contribution in [0.2, 0.25) is 15.1 Å². The Morgan fingerprint density at radius 1 is 1.24 bits per heavy atom. The van der Waals surface area contributed by atoms with Gasteiger partial charge in [-0.3, -0.25) is 14.2 Å². The van der Waals surface area contributed by atoms with Crippen molar-refractivity contribution in [1.29, 1.82) is 0 Å². The van der Waals surface area contributed by atoms with Crippen LogP contribution in [-0.4, -0.2) is 25.5 Å². The van der Waals surface area contributed by atoms with E-state index in [1.54, 1.807) is 30.1 Å². The number of carbonyl (C=O) groups excluding carboxylic acids is 1. The first kappa shape index (κ1) is 18.3. The first-order chi connectivity index (χ1) is 11.8. The zero-order valence-electron chi connectivity index (χ0n) is 12.8.